The predicted octanol–water partition coefficient (Wildman–Crippen LogP) is 4.22. The number of ether oxygens (including phenoxy) is 3. The lowest BCUT2D eigenvalue weighted by Gasteiger charge is -2.30. The minimum absolute atomic E-state index is 0.0771. The molecule has 0 spiro atoms. The summed E-state index contributed by atoms with van der Waals surface area (Å²) in [6.45, 7) is 6.69. The first-order valence-electron chi connectivity index (χ1n) is 13.9. The molecule has 4 aromatic rings. The molecule has 0 bridgehead atoms. The summed E-state index contributed by atoms with van der Waals surface area (Å²) in [6.07, 6.45) is 3.70. The van der Waals surface area contributed by atoms with Crippen molar-refractivity contribution in [2.45, 2.75) is 64.8 Å². The quantitative estimate of drug-likeness (QED) is 0.282. The topological polar surface area (TPSA) is 107 Å². The number of hydrogen-bond acceptors (Lipinski definition) is 8. The van der Waals surface area contributed by atoms with Crippen molar-refractivity contribution in [2.75, 3.05) is 27.4 Å². The van der Waals surface area contributed by atoms with Crippen LogP contribution >= 0.6 is 0 Å². The largest absolute Gasteiger partial charge is 0.493 e. The molecule has 0 saturated carbocycles. The van der Waals surface area contributed by atoms with Crippen LogP contribution < -0.4 is 15.0 Å². The number of pyridine rings is 1. The van der Waals surface area contributed by atoms with Crippen molar-refractivity contribution in [3.63, 3.8) is 0 Å². The number of rotatable bonds is 12. The summed E-state index contributed by atoms with van der Waals surface area (Å²) in [7, 11) is 3.27. The molecule has 3 heterocycles. The predicted molar refractivity (Wildman–Crippen MR) is 153 cm³/mol. The summed E-state index contributed by atoms with van der Waals surface area (Å²) in [4.78, 5) is 18.7. The van der Waals surface area contributed by atoms with E-state index < -0.39 is 0 Å². The van der Waals surface area contributed by atoms with Crippen LogP contribution in [0.25, 0.3) is 10.9 Å². The van der Waals surface area contributed by atoms with Gasteiger partial charge in [0.05, 0.1) is 38.4 Å². The number of benzene rings is 2. The Bertz CT molecular complexity index is 1490. The van der Waals surface area contributed by atoms with Crippen molar-refractivity contribution in [3.05, 3.63) is 75.3 Å². The maximum absolute atomic E-state index is 13.3. The van der Waals surface area contributed by atoms with Gasteiger partial charge in [0.2, 0.25) is 0 Å². The zero-order valence-corrected chi connectivity index (χ0v) is 23.7. The Hall–Kier alpha value is -3.76. The number of nitrogens with one attached hydrogen (secondary N) is 1. The summed E-state index contributed by atoms with van der Waals surface area (Å²) in [5, 5.41) is 13.8. The van der Waals surface area contributed by atoms with E-state index in [4.69, 9.17) is 14.2 Å². The van der Waals surface area contributed by atoms with Gasteiger partial charge in [-0.1, -0.05) is 31.2 Å². The van der Waals surface area contributed by atoms with Gasteiger partial charge in [0.15, 0.2) is 17.3 Å². The maximum Gasteiger partial charge on any atom is 0.252 e. The minimum Gasteiger partial charge on any atom is -0.493 e. The van der Waals surface area contributed by atoms with Crippen LogP contribution in [0.15, 0.2) is 47.3 Å². The zero-order valence-electron chi connectivity index (χ0n) is 23.7. The Morgan fingerprint density at radius 2 is 2.02 bits per heavy atom. The molecule has 10 heteroatoms. The molecule has 2 aromatic heterocycles. The van der Waals surface area contributed by atoms with Crippen LogP contribution in [0.1, 0.15) is 54.7 Å². The van der Waals surface area contributed by atoms with Gasteiger partial charge < -0.3 is 19.2 Å². The van der Waals surface area contributed by atoms with Crippen molar-refractivity contribution in [1.82, 2.24) is 30.1 Å². The summed E-state index contributed by atoms with van der Waals surface area (Å²) in [6, 6.07) is 14.0. The van der Waals surface area contributed by atoms with Gasteiger partial charge >= 0.3 is 0 Å². The van der Waals surface area contributed by atoms with Crippen molar-refractivity contribution in [3.8, 4) is 11.5 Å². The Morgan fingerprint density at radius 1 is 1.18 bits per heavy atom. The number of H-pyrrole nitrogens is 1. The number of aromatic nitrogens is 5. The molecule has 0 radical (unpaired) electrons. The highest BCUT2D eigenvalue weighted by Gasteiger charge is 2.28. The molecule has 5 rings (SSSR count). The SMILES string of the molecule is CC[C@H](c1nnnn1C[C@@H]1CCCO1)N(CCc1ccc(OC)c(OC)c1)Cc1cc2cccc(C)c2[nH]c1=O. The van der Waals surface area contributed by atoms with Gasteiger partial charge in [-0.2, -0.15) is 0 Å². The van der Waals surface area contributed by atoms with Crippen LogP contribution in [0, 0.1) is 6.92 Å². The summed E-state index contributed by atoms with van der Waals surface area (Å²) < 4.78 is 18.7. The molecule has 1 aliphatic rings. The number of nitrogens with zero attached hydrogens (tertiary/aromatic N) is 5. The third kappa shape index (κ3) is 6.03. The molecule has 0 aliphatic carbocycles. The Kier molecular flexibility index (Phi) is 8.76. The second-order valence-corrected chi connectivity index (χ2v) is 10.4. The lowest BCUT2D eigenvalue weighted by Crippen LogP contribution is -2.34. The van der Waals surface area contributed by atoms with Crippen molar-refractivity contribution in [2.24, 2.45) is 0 Å². The number of tetrazole rings is 1. The highest BCUT2D eigenvalue weighted by Crippen LogP contribution is 2.30. The van der Waals surface area contributed by atoms with Crippen LogP contribution in [0.2, 0.25) is 0 Å². The minimum atomic E-state index is -0.0934. The molecule has 10 nitrogen and oxygen atoms in total. The molecule has 0 unspecified atom stereocenters. The van der Waals surface area contributed by atoms with Gasteiger partial charge in [-0.05, 0) is 77.7 Å². The average Bonchev–Trinajstić information content (AvgIpc) is 3.65. The van der Waals surface area contributed by atoms with Gasteiger partial charge in [0, 0.05) is 25.3 Å². The lowest BCUT2D eigenvalue weighted by atomic mass is 10.1. The third-order valence-electron chi connectivity index (χ3n) is 7.76. The second-order valence-electron chi connectivity index (χ2n) is 10.4. The standard InChI is InChI=1S/C30H38N6O4/c1-5-25(29-32-33-34-36(29)19-24-10-7-15-40-24)35(14-13-21-11-12-26(38-3)27(16-21)39-4)18-23-17-22-9-6-8-20(2)28(22)31-30(23)37/h6,8-9,11-12,16-17,24-25H,5,7,10,13-15,18-19H2,1-4H3,(H,31,37)/t24-,25+/m0/s1. The number of hydrogen-bond donors (Lipinski definition) is 1. The number of methoxy groups -OCH3 is 2. The molecule has 1 fully saturated rings. The van der Waals surface area contributed by atoms with Crippen LogP contribution in [0.4, 0.5) is 0 Å². The van der Waals surface area contributed by atoms with Crippen LogP contribution in [0.3, 0.4) is 0 Å². The zero-order chi connectivity index (χ0) is 28.1. The van der Waals surface area contributed by atoms with E-state index in [-0.39, 0.29) is 17.7 Å². The molecule has 40 heavy (non-hydrogen) atoms. The molecule has 212 valence electrons. The molecule has 2 aromatic carbocycles. The highest BCUT2D eigenvalue weighted by atomic mass is 16.5. The van der Waals surface area contributed by atoms with Gasteiger partial charge in [-0.3, -0.25) is 9.69 Å². The fraction of sp³-hybridized carbons (Fsp3) is 0.467. The first kappa shape index (κ1) is 27.8. The van der Waals surface area contributed by atoms with Gasteiger partial charge in [0.1, 0.15) is 0 Å². The lowest BCUT2D eigenvalue weighted by molar-refractivity contribution is 0.0893. The van der Waals surface area contributed by atoms with E-state index >= 15 is 0 Å². The molecule has 1 N–H and O–H groups in total. The van der Waals surface area contributed by atoms with Crippen molar-refractivity contribution >= 4 is 10.9 Å². The summed E-state index contributed by atoms with van der Waals surface area (Å²) >= 11 is 0. The van der Waals surface area contributed by atoms with E-state index in [0.29, 0.717) is 36.7 Å². The Morgan fingerprint density at radius 3 is 2.77 bits per heavy atom. The van der Waals surface area contributed by atoms with E-state index in [1.165, 1.54) is 0 Å². The summed E-state index contributed by atoms with van der Waals surface area (Å²) in [5.74, 6) is 2.18. The molecule has 1 saturated heterocycles. The first-order chi connectivity index (χ1) is 19.5. The van der Waals surface area contributed by atoms with E-state index in [2.05, 4.69) is 32.3 Å². The maximum atomic E-state index is 13.3. The average molecular weight is 547 g/mol. The molecular weight excluding hydrogens is 508 g/mol. The third-order valence-corrected chi connectivity index (χ3v) is 7.76. The van der Waals surface area contributed by atoms with E-state index in [9.17, 15) is 4.79 Å². The number of aryl methyl sites for hydroxylation is 1. The van der Waals surface area contributed by atoms with Crippen molar-refractivity contribution < 1.29 is 14.2 Å². The van der Waals surface area contributed by atoms with Crippen molar-refractivity contribution in [1.29, 1.82) is 0 Å². The Labute approximate surface area is 234 Å². The molecule has 2 atom stereocenters. The number of aromatic amines is 1. The second kappa shape index (κ2) is 12.6. The van der Waals surface area contributed by atoms with Gasteiger partial charge in [-0.15, -0.1) is 5.10 Å². The van der Waals surface area contributed by atoms with E-state index in [0.717, 1.165) is 60.1 Å². The number of fused-ring (bicyclic) bond motifs is 1. The highest BCUT2D eigenvalue weighted by molar-refractivity contribution is 5.81. The molecule has 1 aliphatic heterocycles. The molecule has 0 amide bonds. The van der Waals surface area contributed by atoms with E-state index in [1.54, 1.807) is 14.2 Å². The fourth-order valence-electron chi connectivity index (χ4n) is 5.58. The Balaban J connectivity index is 1.47. The molecular formula is C30H38N6O4. The van der Waals surface area contributed by atoms with E-state index in [1.807, 2.05) is 54.1 Å². The normalized spacial score (nSPS) is 16.1. The smallest absolute Gasteiger partial charge is 0.252 e. The monoisotopic (exact) mass is 546 g/mol. The number of para-hydroxylation sites is 1. The van der Waals surface area contributed by atoms with Gasteiger partial charge in [-0.25, -0.2) is 4.68 Å². The van der Waals surface area contributed by atoms with Gasteiger partial charge in [0.25, 0.3) is 5.56 Å². The van der Waals surface area contributed by atoms with Crippen LogP contribution in [0.5, 0.6) is 11.5 Å². The van der Waals surface area contributed by atoms with Crippen LogP contribution in [-0.4, -0.2) is 63.6 Å². The van der Waals surface area contributed by atoms with Crippen LogP contribution in [-0.2, 0) is 24.2 Å². The first-order valence-corrected chi connectivity index (χ1v) is 13.9. The fourth-order valence-corrected chi connectivity index (χ4v) is 5.58. The summed E-state index contributed by atoms with van der Waals surface area (Å²) in [5.41, 5.74) is 3.67.